The number of pyridine rings is 1. The first-order valence-electron chi connectivity index (χ1n) is 6.79. The SMILES string of the molecule is NCc1ncccc1CN1CCc2ccccc2C1=O. The van der Waals surface area contributed by atoms with Crippen molar-refractivity contribution in [3.8, 4) is 0 Å². The van der Waals surface area contributed by atoms with E-state index in [1.165, 1.54) is 0 Å². The van der Waals surface area contributed by atoms with Gasteiger partial charge in [-0.05, 0) is 29.7 Å². The summed E-state index contributed by atoms with van der Waals surface area (Å²) in [5, 5.41) is 0. The predicted octanol–water partition coefficient (Wildman–Crippen LogP) is 1.74. The van der Waals surface area contributed by atoms with Gasteiger partial charge >= 0.3 is 0 Å². The highest BCUT2D eigenvalue weighted by Crippen LogP contribution is 2.20. The summed E-state index contributed by atoms with van der Waals surface area (Å²) >= 11 is 0. The number of hydrogen-bond acceptors (Lipinski definition) is 3. The fourth-order valence-corrected chi connectivity index (χ4v) is 2.63. The molecule has 4 heteroatoms. The lowest BCUT2D eigenvalue weighted by Gasteiger charge is -2.29. The smallest absolute Gasteiger partial charge is 0.254 e. The van der Waals surface area contributed by atoms with Crippen LogP contribution in [0.4, 0.5) is 0 Å². The highest BCUT2D eigenvalue weighted by Gasteiger charge is 2.24. The quantitative estimate of drug-likeness (QED) is 0.921. The van der Waals surface area contributed by atoms with E-state index in [1.54, 1.807) is 6.20 Å². The Balaban J connectivity index is 1.85. The Morgan fingerprint density at radius 2 is 2.05 bits per heavy atom. The van der Waals surface area contributed by atoms with E-state index in [0.29, 0.717) is 13.1 Å². The lowest BCUT2D eigenvalue weighted by molar-refractivity contribution is 0.0726. The molecule has 4 nitrogen and oxygen atoms in total. The standard InChI is InChI=1S/C16H17N3O/c17-10-15-13(5-3-8-18-15)11-19-9-7-12-4-1-2-6-14(12)16(19)20/h1-6,8H,7,9-11,17H2. The normalized spacial score (nSPS) is 14.2. The molecule has 0 atom stereocenters. The molecule has 0 fully saturated rings. The lowest BCUT2D eigenvalue weighted by atomic mass is 9.98. The van der Waals surface area contributed by atoms with Crippen molar-refractivity contribution in [2.45, 2.75) is 19.5 Å². The van der Waals surface area contributed by atoms with Gasteiger partial charge < -0.3 is 10.6 Å². The Kier molecular flexibility index (Phi) is 3.48. The molecule has 3 rings (SSSR count). The van der Waals surface area contributed by atoms with Crippen LogP contribution in [0.15, 0.2) is 42.6 Å². The predicted molar refractivity (Wildman–Crippen MR) is 77.0 cm³/mol. The van der Waals surface area contributed by atoms with Crippen molar-refractivity contribution < 1.29 is 4.79 Å². The van der Waals surface area contributed by atoms with E-state index in [0.717, 1.165) is 35.3 Å². The molecule has 1 amide bonds. The molecule has 2 aromatic rings. The van der Waals surface area contributed by atoms with Crippen molar-refractivity contribution in [2.24, 2.45) is 5.73 Å². The molecule has 0 saturated carbocycles. The first kappa shape index (κ1) is 12.8. The van der Waals surface area contributed by atoms with Crippen LogP contribution in [0.2, 0.25) is 0 Å². The minimum atomic E-state index is 0.0960. The average Bonchev–Trinajstić information content (AvgIpc) is 2.51. The zero-order valence-electron chi connectivity index (χ0n) is 11.2. The van der Waals surface area contributed by atoms with E-state index < -0.39 is 0 Å². The molecular formula is C16H17N3O. The van der Waals surface area contributed by atoms with Gasteiger partial charge in [-0.1, -0.05) is 24.3 Å². The zero-order valence-corrected chi connectivity index (χ0v) is 11.2. The monoisotopic (exact) mass is 267 g/mol. The Hall–Kier alpha value is -2.20. The van der Waals surface area contributed by atoms with Crippen LogP contribution >= 0.6 is 0 Å². The Morgan fingerprint density at radius 3 is 2.90 bits per heavy atom. The summed E-state index contributed by atoms with van der Waals surface area (Å²) in [4.78, 5) is 18.6. The molecule has 20 heavy (non-hydrogen) atoms. The Bertz CT molecular complexity index is 639. The Labute approximate surface area is 118 Å². The molecule has 2 N–H and O–H groups in total. The van der Waals surface area contributed by atoms with Crippen LogP contribution in [-0.2, 0) is 19.5 Å². The summed E-state index contributed by atoms with van der Waals surface area (Å²) in [6.45, 7) is 1.72. The van der Waals surface area contributed by atoms with E-state index in [4.69, 9.17) is 5.73 Å². The lowest BCUT2D eigenvalue weighted by Crippen LogP contribution is -2.37. The number of benzene rings is 1. The van der Waals surface area contributed by atoms with Gasteiger partial charge in [0.05, 0.1) is 5.69 Å². The van der Waals surface area contributed by atoms with Gasteiger partial charge in [-0.25, -0.2) is 0 Å². The number of aromatic nitrogens is 1. The number of fused-ring (bicyclic) bond motifs is 1. The first-order chi connectivity index (χ1) is 9.79. The second-order valence-electron chi connectivity index (χ2n) is 4.95. The van der Waals surface area contributed by atoms with Crippen LogP contribution in [0.5, 0.6) is 0 Å². The molecule has 102 valence electrons. The highest BCUT2D eigenvalue weighted by atomic mass is 16.2. The topological polar surface area (TPSA) is 59.2 Å². The number of amides is 1. The summed E-state index contributed by atoms with van der Waals surface area (Å²) in [6.07, 6.45) is 2.64. The second-order valence-corrected chi connectivity index (χ2v) is 4.95. The first-order valence-corrected chi connectivity index (χ1v) is 6.79. The summed E-state index contributed by atoms with van der Waals surface area (Å²) in [5.41, 5.74) is 9.55. The number of rotatable bonds is 3. The van der Waals surface area contributed by atoms with E-state index in [9.17, 15) is 4.79 Å². The molecule has 0 saturated heterocycles. The van der Waals surface area contributed by atoms with Crippen molar-refractivity contribution in [2.75, 3.05) is 6.54 Å². The van der Waals surface area contributed by atoms with Gasteiger partial charge in [0.25, 0.3) is 5.91 Å². The van der Waals surface area contributed by atoms with Gasteiger partial charge in [0.1, 0.15) is 0 Å². The molecule has 2 heterocycles. The summed E-state index contributed by atoms with van der Waals surface area (Å²) in [7, 11) is 0. The third-order valence-corrected chi connectivity index (χ3v) is 3.73. The van der Waals surface area contributed by atoms with Crippen molar-refractivity contribution in [1.82, 2.24) is 9.88 Å². The Morgan fingerprint density at radius 1 is 1.20 bits per heavy atom. The maximum Gasteiger partial charge on any atom is 0.254 e. The van der Waals surface area contributed by atoms with E-state index in [-0.39, 0.29) is 5.91 Å². The number of nitrogens with zero attached hydrogens (tertiary/aromatic N) is 2. The number of hydrogen-bond donors (Lipinski definition) is 1. The summed E-state index contributed by atoms with van der Waals surface area (Å²) in [6, 6.07) is 11.7. The molecule has 0 spiro atoms. The van der Waals surface area contributed by atoms with E-state index in [2.05, 4.69) is 4.98 Å². The molecule has 0 aliphatic carbocycles. The molecule has 1 aliphatic rings. The molecule has 0 radical (unpaired) electrons. The van der Waals surface area contributed by atoms with Gasteiger partial charge in [-0.15, -0.1) is 0 Å². The third kappa shape index (κ3) is 2.30. The fraction of sp³-hybridized carbons (Fsp3) is 0.250. The van der Waals surface area contributed by atoms with Crippen molar-refractivity contribution in [3.63, 3.8) is 0 Å². The minimum absolute atomic E-state index is 0.0960. The van der Waals surface area contributed by atoms with Gasteiger partial charge in [0, 0.05) is 31.4 Å². The van der Waals surface area contributed by atoms with Crippen LogP contribution < -0.4 is 5.73 Å². The van der Waals surface area contributed by atoms with Gasteiger partial charge in [-0.2, -0.15) is 0 Å². The second kappa shape index (κ2) is 5.43. The van der Waals surface area contributed by atoms with E-state index in [1.807, 2.05) is 41.3 Å². The van der Waals surface area contributed by atoms with E-state index >= 15 is 0 Å². The molecule has 1 aliphatic heterocycles. The molecular weight excluding hydrogens is 250 g/mol. The van der Waals surface area contributed by atoms with Crippen LogP contribution in [0.1, 0.15) is 27.2 Å². The van der Waals surface area contributed by atoms with Crippen LogP contribution in [0.3, 0.4) is 0 Å². The van der Waals surface area contributed by atoms with Crippen molar-refractivity contribution in [3.05, 3.63) is 65.0 Å². The third-order valence-electron chi connectivity index (χ3n) is 3.73. The molecule has 1 aromatic heterocycles. The van der Waals surface area contributed by atoms with Crippen molar-refractivity contribution >= 4 is 5.91 Å². The molecule has 0 unspecified atom stereocenters. The largest absolute Gasteiger partial charge is 0.334 e. The maximum atomic E-state index is 12.5. The fourth-order valence-electron chi connectivity index (χ4n) is 2.63. The summed E-state index contributed by atoms with van der Waals surface area (Å²) < 4.78 is 0. The number of carbonyl (C=O) groups is 1. The van der Waals surface area contributed by atoms with Crippen LogP contribution in [-0.4, -0.2) is 22.3 Å². The number of nitrogens with two attached hydrogens (primary N) is 1. The molecule has 0 bridgehead atoms. The summed E-state index contributed by atoms with van der Waals surface area (Å²) in [5.74, 6) is 0.0960. The highest BCUT2D eigenvalue weighted by molar-refractivity contribution is 5.96. The van der Waals surface area contributed by atoms with Crippen LogP contribution in [0, 0.1) is 0 Å². The molecule has 1 aromatic carbocycles. The minimum Gasteiger partial charge on any atom is -0.334 e. The zero-order chi connectivity index (χ0) is 13.9. The van der Waals surface area contributed by atoms with Gasteiger partial charge in [0.2, 0.25) is 0 Å². The van der Waals surface area contributed by atoms with Gasteiger partial charge in [-0.3, -0.25) is 9.78 Å². The maximum absolute atomic E-state index is 12.5. The van der Waals surface area contributed by atoms with Crippen LogP contribution in [0.25, 0.3) is 0 Å². The number of carbonyl (C=O) groups excluding carboxylic acids is 1. The van der Waals surface area contributed by atoms with Gasteiger partial charge in [0.15, 0.2) is 0 Å². The van der Waals surface area contributed by atoms with Crippen molar-refractivity contribution in [1.29, 1.82) is 0 Å². The average molecular weight is 267 g/mol.